The number of imide groups is 1. The second kappa shape index (κ2) is 4.17. The number of fused-ring (bicyclic) bond motifs is 5. The summed E-state index contributed by atoms with van der Waals surface area (Å²) in [5.74, 6) is -0.597. The van der Waals surface area contributed by atoms with Gasteiger partial charge in [-0.15, -0.1) is 0 Å². The van der Waals surface area contributed by atoms with Gasteiger partial charge in [-0.2, -0.15) is 0 Å². The molecule has 3 aliphatic heterocycles. The molecule has 18 heavy (non-hydrogen) atoms. The summed E-state index contributed by atoms with van der Waals surface area (Å²) in [5.41, 5.74) is 0. The van der Waals surface area contributed by atoms with Crippen molar-refractivity contribution in [1.82, 2.24) is 9.80 Å². The van der Waals surface area contributed by atoms with Crippen molar-refractivity contribution in [2.75, 3.05) is 27.2 Å². The van der Waals surface area contributed by atoms with Gasteiger partial charge in [-0.1, -0.05) is 12.2 Å². The largest absolute Gasteiger partial charge is 0.365 e. The highest BCUT2D eigenvalue weighted by Crippen LogP contribution is 2.44. The van der Waals surface area contributed by atoms with Gasteiger partial charge in [0.2, 0.25) is 11.8 Å². The van der Waals surface area contributed by atoms with Crippen LogP contribution in [-0.4, -0.2) is 61.0 Å². The fourth-order valence-corrected chi connectivity index (χ4v) is 3.13. The monoisotopic (exact) mass is 250 g/mol. The van der Waals surface area contributed by atoms with Gasteiger partial charge in [0, 0.05) is 6.54 Å². The van der Waals surface area contributed by atoms with Crippen LogP contribution in [0.3, 0.4) is 0 Å². The fraction of sp³-hybridized carbons (Fsp3) is 0.692. The number of nitrogens with zero attached hydrogens (tertiary/aromatic N) is 2. The zero-order valence-electron chi connectivity index (χ0n) is 10.7. The molecule has 0 N–H and O–H groups in total. The molecule has 98 valence electrons. The highest BCUT2D eigenvalue weighted by molar-refractivity contribution is 6.06. The summed E-state index contributed by atoms with van der Waals surface area (Å²) in [7, 11) is 3.97. The van der Waals surface area contributed by atoms with Gasteiger partial charge in [-0.3, -0.25) is 14.5 Å². The van der Waals surface area contributed by atoms with Crippen LogP contribution in [0.25, 0.3) is 0 Å². The summed E-state index contributed by atoms with van der Waals surface area (Å²) in [6.45, 7) is 1.41. The summed E-state index contributed by atoms with van der Waals surface area (Å²) in [4.78, 5) is 28.0. The first kappa shape index (κ1) is 11.9. The van der Waals surface area contributed by atoms with E-state index in [1.807, 2.05) is 26.2 Å². The number of carbonyl (C=O) groups is 2. The zero-order valence-corrected chi connectivity index (χ0v) is 10.7. The maximum absolute atomic E-state index is 12.2. The molecule has 2 amide bonds. The number of ether oxygens (including phenoxy) is 1. The minimum atomic E-state index is -0.258. The van der Waals surface area contributed by atoms with Crippen LogP contribution in [-0.2, 0) is 14.3 Å². The summed E-state index contributed by atoms with van der Waals surface area (Å²) in [6.07, 6.45) is 4.32. The predicted molar refractivity (Wildman–Crippen MR) is 64.7 cm³/mol. The second-order valence-corrected chi connectivity index (χ2v) is 5.49. The summed E-state index contributed by atoms with van der Waals surface area (Å²) < 4.78 is 5.58. The van der Waals surface area contributed by atoms with E-state index in [-0.39, 0.29) is 35.9 Å². The van der Waals surface area contributed by atoms with Crippen LogP contribution >= 0.6 is 0 Å². The van der Waals surface area contributed by atoms with E-state index in [0.717, 1.165) is 13.0 Å². The van der Waals surface area contributed by atoms with Crippen molar-refractivity contribution >= 4 is 11.8 Å². The van der Waals surface area contributed by atoms with Crippen LogP contribution in [0.15, 0.2) is 12.2 Å². The van der Waals surface area contributed by atoms with Crippen LogP contribution in [0, 0.1) is 11.8 Å². The van der Waals surface area contributed by atoms with E-state index in [1.54, 1.807) is 0 Å². The van der Waals surface area contributed by atoms with Crippen molar-refractivity contribution in [3.8, 4) is 0 Å². The van der Waals surface area contributed by atoms with Crippen LogP contribution in [0.1, 0.15) is 6.42 Å². The Labute approximate surface area is 106 Å². The van der Waals surface area contributed by atoms with Crippen molar-refractivity contribution in [3.05, 3.63) is 12.2 Å². The van der Waals surface area contributed by atoms with Crippen LogP contribution in [0.5, 0.6) is 0 Å². The minimum absolute atomic E-state index is 0.0411. The first-order chi connectivity index (χ1) is 8.59. The molecule has 2 saturated heterocycles. The molecule has 0 aliphatic carbocycles. The number of likely N-dealkylation sites (tertiary alicyclic amines) is 1. The molecule has 0 aromatic rings. The summed E-state index contributed by atoms with van der Waals surface area (Å²) in [6, 6.07) is 0. The molecule has 0 radical (unpaired) electrons. The minimum Gasteiger partial charge on any atom is -0.365 e. The average Bonchev–Trinajstić information content (AvgIpc) is 2.97. The molecule has 2 fully saturated rings. The molecule has 0 aromatic carbocycles. The molecule has 5 nitrogen and oxygen atoms in total. The molecule has 0 saturated carbocycles. The maximum Gasteiger partial charge on any atom is 0.236 e. The highest BCUT2D eigenvalue weighted by atomic mass is 16.5. The van der Waals surface area contributed by atoms with Gasteiger partial charge < -0.3 is 9.64 Å². The Morgan fingerprint density at radius 3 is 2.22 bits per heavy atom. The molecule has 4 atom stereocenters. The van der Waals surface area contributed by atoms with E-state index in [2.05, 4.69) is 4.90 Å². The first-order valence-corrected chi connectivity index (χ1v) is 6.43. The van der Waals surface area contributed by atoms with Crippen LogP contribution < -0.4 is 0 Å². The Bertz CT molecular complexity index is 388. The number of carbonyl (C=O) groups excluding carboxylic acids is 2. The van der Waals surface area contributed by atoms with E-state index in [1.165, 1.54) is 4.90 Å². The van der Waals surface area contributed by atoms with Gasteiger partial charge >= 0.3 is 0 Å². The van der Waals surface area contributed by atoms with Gasteiger partial charge in [0.25, 0.3) is 0 Å². The number of hydrogen-bond acceptors (Lipinski definition) is 4. The smallest absolute Gasteiger partial charge is 0.236 e. The van der Waals surface area contributed by atoms with E-state index < -0.39 is 0 Å². The third-order valence-electron chi connectivity index (χ3n) is 3.99. The van der Waals surface area contributed by atoms with Crippen molar-refractivity contribution < 1.29 is 14.3 Å². The Kier molecular flexibility index (Phi) is 2.75. The Hall–Kier alpha value is -1.20. The standard InChI is InChI=1S/C13H18N2O3/c1-14(2)6-3-7-15-12(16)10-8-4-5-9(18-8)11(10)13(15)17/h4-5,8-11H,3,6-7H2,1-2H3. The van der Waals surface area contributed by atoms with E-state index >= 15 is 0 Å². The average molecular weight is 250 g/mol. The number of hydrogen-bond donors (Lipinski definition) is 0. The Morgan fingerprint density at radius 2 is 1.72 bits per heavy atom. The van der Waals surface area contributed by atoms with E-state index in [4.69, 9.17) is 4.74 Å². The lowest BCUT2D eigenvalue weighted by Crippen LogP contribution is -2.36. The lowest BCUT2D eigenvalue weighted by Gasteiger charge is -2.18. The molecule has 0 aromatic heterocycles. The normalized spacial score (nSPS) is 37.2. The third-order valence-corrected chi connectivity index (χ3v) is 3.99. The quantitative estimate of drug-likeness (QED) is 0.515. The molecule has 3 aliphatic rings. The Balaban J connectivity index is 1.68. The molecular formula is C13H18N2O3. The van der Waals surface area contributed by atoms with E-state index in [9.17, 15) is 9.59 Å². The zero-order chi connectivity index (χ0) is 12.9. The predicted octanol–water partition coefficient (Wildman–Crippen LogP) is -0.123. The van der Waals surface area contributed by atoms with E-state index in [0.29, 0.717) is 6.54 Å². The SMILES string of the molecule is CN(C)CCCN1C(=O)C2C3C=CC(O3)C2C1=O. The Morgan fingerprint density at radius 1 is 1.17 bits per heavy atom. The summed E-state index contributed by atoms with van der Waals surface area (Å²) in [5, 5.41) is 0. The molecule has 5 heteroatoms. The van der Waals surface area contributed by atoms with Gasteiger partial charge in [0.05, 0.1) is 24.0 Å². The molecule has 2 bridgehead atoms. The number of amides is 2. The molecule has 4 unspecified atom stereocenters. The molecule has 0 spiro atoms. The molecule has 3 rings (SSSR count). The van der Waals surface area contributed by atoms with Gasteiger partial charge in [0.15, 0.2) is 0 Å². The molecule has 3 heterocycles. The van der Waals surface area contributed by atoms with Crippen LogP contribution in [0.2, 0.25) is 0 Å². The second-order valence-electron chi connectivity index (χ2n) is 5.49. The van der Waals surface area contributed by atoms with Crippen LogP contribution in [0.4, 0.5) is 0 Å². The first-order valence-electron chi connectivity index (χ1n) is 6.43. The third kappa shape index (κ3) is 1.61. The highest BCUT2D eigenvalue weighted by Gasteiger charge is 2.60. The lowest BCUT2D eigenvalue weighted by atomic mass is 9.85. The topological polar surface area (TPSA) is 49.9 Å². The van der Waals surface area contributed by atoms with Gasteiger partial charge in [-0.25, -0.2) is 0 Å². The van der Waals surface area contributed by atoms with Gasteiger partial charge in [-0.05, 0) is 27.1 Å². The summed E-state index contributed by atoms with van der Waals surface area (Å²) >= 11 is 0. The fourth-order valence-electron chi connectivity index (χ4n) is 3.13. The van der Waals surface area contributed by atoms with Crippen molar-refractivity contribution in [2.24, 2.45) is 11.8 Å². The van der Waals surface area contributed by atoms with Crippen molar-refractivity contribution in [3.63, 3.8) is 0 Å². The van der Waals surface area contributed by atoms with Crippen molar-refractivity contribution in [2.45, 2.75) is 18.6 Å². The van der Waals surface area contributed by atoms with Gasteiger partial charge in [0.1, 0.15) is 0 Å². The lowest BCUT2D eigenvalue weighted by molar-refractivity contribution is -0.142. The molecular weight excluding hydrogens is 232 g/mol. The maximum atomic E-state index is 12.2. The van der Waals surface area contributed by atoms with Crippen molar-refractivity contribution in [1.29, 1.82) is 0 Å². The number of rotatable bonds is 4.